The van der Waals surface area contributed by atoms with Gasteiger partial charge in [-0.1, -0.05) is 18.2 Å². The van der Waals surface area contributed by atoms with Gasteiger partial charge >= 0.3 is 0 Å². The molecule has 6 nitrogen and oxygen atoms in total. The van der Waals surface area contributed by atoms with E-state index in [-0.39, 0.29) is 23.5 Å². The van der Waals surface area contributed by atoms with Crippen LogP contribution >= 0.6 is 0 Å². The van der Waals surface area contributed by atoms with Gasteiger partial charge in [0.1, 0.15) is 5.41 Å². The second kappa shape index (κ2) is 6.78. The number of benzene rings is 1. The molecule has 0 spiro atoms. The molecule has 2 rings (SSSR count). The molecule has 2 amide bonds. The second-order valence-electron chi connectivity index (χ2n) is 7.32. The summed E-state index contributed by atoms with van der Waals surface area (Å²) in [5.41, 5.74) is 1.26. The summed E-state index contributed by atoms with van der Waals surface area (Å²) < 4.78 is 23.3. The SMILES string of the molecule is Cc1cccc(C)c1NC(=O)C(C)(C)C(=O)N(C)C1CCS(=O)(=O)C1. The van der Waals surface area contributed by atoms with E-state index in [0.717, 1.165) is 11.1 Å². The van der Waals surface area contributed by atoms with Gasteiger partial charge in [0, 0.05) is 18.8 Å². The Labute approximate surface area is 149 Å². The molecule has 1 atom stereocenters. The van der Waals surface area contributed by atoms with E-state index in [1.165, 1.54) is 4.90 Å². The maximum Gasteiger partial charge on any atom is 0.239 e. The molecule has 1 saturated heterocycles. The number of carbonyl (C=O) groups is 2. The van der Waals surface area contributed by atoms with E-state index in [1.807, 2.05) is 32.0 Å². The summed E-state index contributed by atoms with van der Waals surface area (Å²) in [7, 11) is -1.52. The Bertz CT molecular complexity index is 779. The van der Waals surface area contributed by atoms with E-state index in [1.54, 1.807) is 20.9 Å². The topological polar surface area (TPSA) is 83.6 Å². The number of anilines is 1. The Kier molecular flexibility index (Phi) is 5.27. The molecule has 1 heterocycles. The number of carbonyl (C=O) groups excluding carboxylic acids is 2. The molecule has 1 aliphatic rings. The molecule has 0 radical (unpaired) electrons. The van der Waals surface area contributed by atoms with Gasteiger partial charge in [0.2, 0.25) is 11.8 Å². The lowest BCUT2D eigenvalue weighted by Gasteiger charge is -2.32. The Morgan fingerprint density at radius 3 is 2.24 bits per heavy atom. The summed E-state index contributed by atoms with van der Waals surface area (Å²) in [5.74, 6) is -0.727. The lowest BCUT2D eigenvalue weighted by atomic mass is 9.89. The molecule has 1 aromatic carbocycles. The lowest BCUT2D eigenvalue weighted by Crippen LogP contribution is -2.49. The van der Waals surface area contributed by atoms with Crippen LogP contribution in [-0.2, 0) is 19.4 Å². The Morgan fingerprint density at radius 1 is 1.20 bits per heavy atom. The van der Waals surface area contributed by atoms with Crippen molar-refractivity contribution in [3.05, 3.63) is 29.3 Å². The molecule has 0 bridgehead atoms. The van der Waals surface area contributed by atoms with Gasteiger partial charge in [0.05, 0.1) is 11.5 Å². The Balaban J connectivity index is 2.16. The van der Waals surface area contributed by atoms with Crippen molar-refractivity contribution in [1.82, 2.24) is 4.90 Å². The van der Waals surface area contributed by atoms with Crippen LogP contribution in [0.1, 0.15) is 31.4 Å². The van der Waals surface area contributed by atoms with E-state index in [0.29, 0.717) is 12.1 Å². The average molecular weight is 366 g/mol. The van der Waals surface area contributed by atoms with Crippen molar-refractivity contribution in [1.29, 1.82) is 0 Å². The normalized spacial score (nSPS) is 19.5. The van der Waals surface area contributed by atoms with Crippen LogP contribution in [0.5, 0.6) is 0 Å². The molecular formula is C18H26N2O4S. The smallest absolute Gasteiger partial charge is 0.239 e. The number of nitrogens with one attached hydrogen (secondary N) is 1. The van der Waals surface area contributed by atoms with Gasteiger partial charge in [-0.3, -0.25) is 9.59 Å². The molecule has 0 aromatic heterocycles. The number of nitrogens with zero attached hydrogens (tertiary/aromatic N) is 1. The molecule has 25 heavy (non-hydrogen) atoms. The predicted octanol–water partition coefficient (Wildman–Crippen LogP) is 1.91. The van der Waals surface area contributed by atoms with Gasteiger partial charge in [-0.2, -0.15) is 0 Å². The van der Waals surface area contributed by atoms with Crippen LogP contribution in [0.3, 0.4) is 0 Å². The molecule has 0 aliphatic carbocycles. The largest absolute Gasteiger partial charge is 0.341 e. The third kappa shape index (κ3) is 4.03. The fourth-order valence-corrected chi connectivity index (χ4v) is 4.84. The molecule has 1 N–H and O–H groups in total. The highest BCUT2D eigenvalue weighted by Gasteiger charge is 2.42. The summed E-state index contributed by atoms with van der Waals surface area (Å²) in [4.78, 5) is 27.0. The molecular weight excluding hydrogens is 340 g/mol. The first-order chi connectivity index (χ1) is 11.5. The van der Waals surface area contributed by atoms with E-state index < -0.39 is 21.2 Å². The first-order valence-electron chi connectivity index (χ1n) is 8.31. The number of sulfone groups is 1. The fraction of sp³-hybridized carbons (Fsp3) is 0.556. The highest BCUT2D eigenvalue weighted by molar-refractivity contribution is 7.91. The molecule has 1 unspecified atom stereocenters. The Morgan fingerprint density at radius 2 is 1.76 bits per heavy atom. The molecule has 1 fully saturated rings. The van der Waals surface area contributed by atoms with Crippen LogP contribution in [0.4, 0.5) is 5.69 Å². The zero-order chi connectivity index (χ0) is 19.0. The van der Waals surface area contributed by atoms with Crippen molar-refractivity contribution in [3.8, 4) is 0 Å². The standard InChI is InChI=1S/C18H26N2O4S/c1-12-7-6-8-13(2)15(12)19-16(21)18(3,4)17(22)20(5)14-9-10-25(23,24)11-14/h6-8,14H,9-11H2,1-5H3,(H,19,21). The molecule has 1 aromatic rings. The number of para-hydroxylation sites is 1. The molecule has 7 heteroatoms. The predicted molar refractivity (Wildman–Crippen MR) is 98.2 cm³/mol. The number of amides is 2. The molecule has 138 valence electrons. The zero-order valence-corrected chi connectivity index (χ0v) is 16.2. The monoisotopic (exact) mass is 366 g/mol. The number of hydrogen-bond donors (Lipinski definition) is 1. The van der Waals surface area contributed by atoms with Crippen LogP contribution in [-0.4, -0.2) is 49.7 Å². The maximum absolute atomic E-state index is 12.8. The van der Waals surface area contributed by atoms with Crippen molar-refractivity contribution < 1.29 is 18.0 Å². The van der Waals surface area contributed by atoms with Crippen molar-refractivity contribution in [3.63, 3.8) is 0 Å². The zero-order valence-electron chi connectivity index (χ0n) is 15.4. The van der Waals surface area contributed by atoms with Gasteiger partial charge in [0.15, 0.2) is 9.84 Å². The third-order valence-electron chi connectivity index (χ3n) is 4.90. The minimum Gasteiger partial charge on any atom is -0.341 e. The summed E-state index contributed by atoms with van der Waals surface area (Å²) in [5, 5.41) is 2.86. The van der Waals surface area contributed by atoms with Gasteiger partial charge in [-0.25, -0.2) is 8.42 Å². The lowest BCUT2D eigenvalue weighted by molar-refractivity contribution is -0.146. The van der Waals surface area contributed by atoms with Crippen molar-refractivity contribution in [2.45, 2.75) is 40.2 Å². The van der Waals surface area contributed by atoms with Crippen LogP contribution in [0.2, 0.25) is 0 Å². The van der Waals surface area contributed by atoms with E-state index in [4.69, 9.17) is 0 Å². The van der Waals surface area contributed by atoms with Gasteiger partial charge in [-0.05, 0) is 45.2 Å². The third-order valence-corrected chi connectivity index (χ3v) is 6.65. The molecule has 1 aliphatic heterocycles. The number of hydrogen-bond acceptors (Lipinski definition) is 4. The van der Waals surface area contributed by atoms with Crippen molar-refractivity contribution >= 4 is 27.3 Å². The summed E-state index contributed by atoms with van der Waals surface area (Å²) in [6.07, 6.45) is 0.416. The van der Waals surface area contributed by atoms with Crippen molar-refractivity contribution in [2.24, 2.45) is 5.41 Å². The van der Waals surface area contributed by atoms with Crippen LogP contribution in [0, 0.1) is 19.3 Å². The fourth-order valence-electron chi connectivity index (χ4n) is 3.07. The first-order valence-corrected chi connectivity index (χ1v) is 10.1. The van der Waals surface area contributed by atoms with Gasteiger partial charge < -0.3 is 10.2 Å². The first kappa shape index (κ1) is 19.4. The highest BCUT2D eigenvalue weighted by Crippen LogP contribution is 2.27. The minimum absolute atomic E-state index is 0.0379. The van der Waals surface area contributed by atoms with Crippen LogP contribution in [0.25, 0.3) is 0 Å². The van der Waals surface area contributed by atoms with Crippen molar-refractivity contribution in [2.75, 3.05) is 23.9 Å². The number of aryl methyl sites for hydroxylation is 2. The van der Waals surface area contributed by atoms with Crippen LogP contribution in [0.15, 0.2) is 18.2 Å². The maximum atomic E-state index is 12.8. The molecule has 0 saturated carbocycles. The summed E-state index contributed by atoms with van der Waals surface area (Å²) >= 11 is 0. The second-order valence-corrected chi connectivity index (χ2v) is 9.55. The summed E-state index contributed by atoms with van der Waals surface area (Å²) in [6.45, 7) is 6.93. The minimum atomic E-state index is -3.09. The van der Waals surface area contributed by atoms with E-state index in [2.05, 4.69) is 5.32 Å². The quantitative estimate of drug-likeness (QED) is 0.825. The highest BCUT2D eigenvalue weighted by atomic mass is 32.2. The number of rotatable bonds is 4. The van der Waals surface area contributed by atoms with Gasteiger partial charge in [0.25, 0.3) is 0 Å². The summed E-state index contributed by atoms with van der Waals surface area (Å²) in [6, 6.07) is 5.33. The van der Waals surface area contributed by atoms with Crippen LogP contribution < -0.4 is 5.32 Å². The van der Waals surface area contributed by atoms with E-state index >= 15 is 0 Å². The average Bonchev–Trinajstić information content (AvgIpc) is 2.89. The van der Waals surface area contributed by atoms with Gasteiger partial charge in [-0.15, -0.1) is 0 Å². The van der Waals surface area contributed by atoms with E-state index in [9.17, 15) is 18.0 Å². The Hall–Kier alpha value is -1.89.